The lowest BCUT2D eigenvalue weighted by Crippen LogP contribution is -2.56. The first kappa shape index (κ1) is 28.4. The van der Waals surface area contributed by atoms with E-state index in [1.807, 2.05) is 80.3 Å². The van der Waals surface area contributed by atoms with Gasteiger partial charge in [0.1, 0.15) is 30.6 Å². The van der Waals surface area contributed by atoms with Crippen LogP contribution in [0.15, 0.2) is 54.6 Å². The van der Waals surface area contributed by atoms with Crippen LogP contribution < -0.4 is 10.1 Å². The molecular weight excluding hydrogens is 500 g/mol. The van der Waals surface area contributed by atoms with E-state index < -0.39 is 18.1 Å². The largest absolute Gasteiger partial charge is 0.488 e. The number of carboxylic acids is 1. The summed E-state index contributed by atoms with van der Waals surface area (Å²) >= 11 is 0. The predicted molar refractivity (Wildman–Crippen MR) is 144 cm³/mol. The number of carbonyl (C=O) groups is 3. The number of hydrogen-bond acceptors (Lipinski definition) is 6. The lowest BCUT2D eigenvalue weighted by Gasteiger charge is -2.40. The lowest BCUT2D eigenvalue weighted by atomic mass is 9.97. The van der Waals surface area contributed by atoms with E-state index in [0.717, 1.165) is 29.7 Å². The van der Waals surface area contributed by atoms with Crippen molar-refractivity contribution < 1.29 is 33.7 Å². The molecule has 4 rings (SSSR count). The summed E-state index contributed by atoms with van der Waals surface area (Å²) in [6, 6.07) is 16.0. The fourth-order valence-corrected chi connectivity index (χ4v) is 5.38. The molecule has 0 spiro atoms. The molecule has 0 aliphatic carbocycles. The van der Waals surface area contributed by atoms with Crippen LogP contribution >= 0.6 is 0 Å². The van der Waals surface area contributed by atoms with Gasteiger partial charge in [0.2, 0.25) is 5.91 Å². The highest BCUT2D eigenvalue weighted by Gasteiger charge is 2.45. The number of aliphatic carboxylic acids is 1. The Kier molecular flexibility index (Phi) is 9.12. The highest BCUT2D eigenvalue weighted by Crippen LogP contribution is 2.37. The SMILES string of the molecule is CC(C)(C)Oc1ccc(CC(NC(=O)OCc2ccccc2)C(=O)N2C3CC[C@H]2CC(OCC(=O)O)C3)cc1. The average Bonchev–Trinajstić information content (AvgIpc) is 3.15. The number of alkyl carbamates (subject to hydrolysis) is 1. The second kappa shape index (κ2) is 12.5. The molecule has 2 aromatic rings. The number of benzene rings is 2. The van der Waals surface area contributed by atoms with Gasteiger partial charge < -0.3 is 29.5 Å². The molecule has 0 saturated carbocycles. The third-order valence-electron chi connectivity index (χ3n) is 6.98. The Morgan fingerprint density at radius 1 is 0.974 bits per heavy atom. The second-order valence-electron chi connectivity index (χ2n) is 11.2. The first-order valence-electron chi connectivity index (χ1n) is 13.5. The van der Waals surface area contributed by atoms with Crippen LogP contribution in [-0.2, 0) is 32.1 Å². The Hall–Kier alpha value is -3.59. The quantitative estimate of drug-likeness (QED) is 0.463. The molecule has 2 aliphatic heterocycles. The number of fused-ring (bicyclic) bond motifs is 2. The van der Waals surface area contributed by atoms with E-state index in [1.54, 1.807) is 0 Å². The zero-order valence-electron chi connectivity index (χ0n) is 22.8. The lowest BCUT2D eigenvalue weighted by molar-refractivity contribution is -0.149. The molecule has 2 aromatic carbocycles. The first-order chi connectivity index (χ1) is 18.6. The van der Waals surface area contributed by atoms with Gasteiger partial charge in [0.25, 0.3) is 0 Å². The molecule has 2 bridgehead atoms. The van der Waals surface area contributed by atoms with E-state index in [0.29, 0.717) is 19.3 Å². The molecule has 2 N–H and O–H groups in total. The minimum atomic E-state index is -1.00. The van der Waals surface area contributed by atoms with Crippen molar-refractivity contribution in [3.8, 4) is 5.75 Å². The minimum Gasteiger partial charge on any atom is -0.488 e. The predicted octanol–water partition coefficient (Wildman–Crippen LogP) is 4.32. The normalized spacial score (nSPS) is 21.2. The van der Waals surface area contributed by atoms with Crippen LogP contribution in [0.4, 0.5) is 4.79 Å². The third kappa shape index (κ3) is 8.20. The number of ether oxygens (including phenoxy) is 3. The van der Waals surface area contributed by atoms with Crippen LogP contribution in [0.1, 0.15) is 57.6 Å². The van der Waals surface area contributed by atoms with Crippen molar-refractivity contribution in [3.05, 3.63) is 65.7 Å². The van der Waals surface area contributed by atoms with Crippen LogP contribution in [0.3, 0.4) is 0 Å². The van der Waals surface area contributed by atoms with Gasteiger partial charge in [0.15, 0.2) is 0 Å². The Morgan fingerprint density at radius 2 is 1.62 bits per heavy atom. The maximum Gasteiger partial charge on any atom is 0.408 e. The number of carboxylic acid groups (broad SMARTS) is 1. The Labute approximate surface area is 229 Å². The van der Waals surface area contributed by atoms with Gasteiger partial charge in [-0.15, -0.1) is 0 Å². The molecule has 4 atom stereocenters. The number of carbonyl (C=O) groups excluding carboxylic acids is 2. The molecule has 2 fully saturated rings. The average molecular weight is 539 g/mol. The Bertz CT molecular complexity index is 1120. The number of piperidine rings is 1. The summed E-state index contributed by atoms with van der Waals surface area (Å²) in [6.45, 7) is 5.69. The summed E-state index contributed by atoms with van der Waals surface area (Å²) < 4.78 is 16.9. The minimum absolute atomic E-state index is 0.0535. The van der Waals surface area contributed by atoms with E-state index in [2.05, 4.69) is 5.32 Å². The molecule has 3 unspecified atom stereocenters. The van der Waals surface area contributed by atoms with Crippen molar-refractivity contribution in [1.29, 1.82) is 0 Å². The molecule has 2 aliphatic rings. The zero-order valence-corrected chi connectivity index (χ0v) is 22.8. The summed E-state index contributed by atoms with van der Waals surface area (Å²) in [4.78, 5) is 39.5. The van der Waals surface area contributed by atoms with Gasteiger partial charge in [-0.25, -0.2) is 9.59 Å². The number of hydrogen-bond donors (Lipinski definition) is 2. The summed E-state index contributed by atoms with van der Waals surface area (Å²) in [5, 5.41) is 11.8. The number of amides is 2. The van der Waals surface area contributed by atoms with Gasteiger partial charge >= 0.3 is 12.1 Å². The van der Waals surface area contributed by atoms with E-state index in [4.69, 9.17) is 19.3 Å². The van der Waals surface area contributed by atoms with Crippen LogP contribution in [0, 0.1) is 0 Å². The summed E-state index contributed by atoms with van der Waals surface area (Å²) in [5.74, 6) is -0.435. The van der Waals surface area contributed by atoms with Crippen LogP contribution in [-0.4, -0.2) is 64.4 Å². The van der Waals surface area contributed by atoms with E-state index in [1.165, 1.54) is 0 Å². The van der Waals surface area contributed by atoms with Crippen molar-refractivity contribution in [1.82, 2.24) is 10.2 Å². The van der Waals surface area contributed by atoms with Crippen molar-refractivity contribution >= 4 is 18.0 Å². The van der Waals surface area contributed by atoms with Gasteiger partial charge in [0, 0.05) is 18.5 Å². The Morgan fingerprint density at radius 3 is 2.21 bits per heavy atom. The number of nitrogens with zero attached hydrogens (tertiary/aromatic N) is 1. The fourth-order valence-electron chi connectivity index (χ4n) is 5.38. The van der Waals surface area contributed by atoms with E-state index in [9.17, 15) is 14.4 Å². The number of rotatable bonds is 10. The van der Waals surface area contributed by atoms with Crippen molar-refractivity contribution in [2.75, 3.05) is 6.61 Å². The van der Waals surface area contributed by atoms with E-state index in [-0.39, 0.29) is 42.9 Å². The molecule has 2 saturated heterocycles. The molecule has 0 radical (unpaired) electrons. The van der Waals surface area contributed by atoms with Gasteiger partial charge in [0.05, 0.1) is 6.10 Å². The second-order valence-corrected chi connectivity index (χ2v) is 11.2. The highest BCUT2D eigenvalue weighted by atomic mass is 16.5. The molecule has 39 heavy (non-hydrogen) atoms. The monoisotopic (exact) mass is 538 g/mol. The maximum absolute atomic E-state index is 13.9. The standard InChI is InChI=1S/C30H38N2O7/c1-30(2,3)39-24-13-9-20(10-14-24)15-26(31-29(36)38-18-21-7-5-4-6-8-21)28(35)32-22-11-12-23(32)17-25(16-22)37-19-27(33)34/h4-10,13-14,22-23,25-26H,11-12,15-19H2,1-3H3,(H,31,36)(H,33,34)/t22-,23?,25?,26?/m0/s1. The molecule has 0 aromatic heterocycles. The summed E-state index contributed by atoms with van der Waals surface area (Å²) in [6.07, 6.45) is 2.26. The zero-order chi connectivity index (χ0) is 28.0. The molecular formula is C30H38N2O7. The molecule has 9 nitrogen and oxygen atoms in total. The molecule has 2 amide bonds. The van der Waals surface area contributed by atoms with Crippen LogP contribution in [0.25, 0.3) is 0 Å². The maximum atomic E-state index is 13.9. The van der Waals surface area contributed by atoms with Crippen molar-refractivity contribution in [3.63, 3.8) is 0 Å². The van der Waals surface area contributed by atoms with E-state index >= 15 is 0 Å². The van der Waals surface area contributed by atoms with Crippen LogP contribution in [0.5, 0.6) is 5.75 Å². The molecule has 2 heterocycles. The van der Waals surface area contributed by atoms with Crippen molar-refractivity contribution in [2.24, 2.45) is 0 Å². The summed E-state index contributed by atoms with van der Waals surface area (Å²) in [7, 11) is 0. The third-order valence-corrected chi connectivity index (χ3v) is 6.98. The first-order valence-corrected chi connectivity index (χ1v) is 13.5. The van der Waals surface area contributed by atoms with Gasteiger partial charge in [-0.2, -0.15) is 0 Å². The molecule has 210 valence electrons. The smallest absolute Gasteiger partial charge is 0.408 e. The van der Waals surface area contributed by atoms with Crippen LogP contribution in [0.2, 0.25) is 0 Å². The van der Waals surface area contributed by atoms with Gasteiger partial charge in [-0.3, -0.25) is 4.79 Å². The van der Waals surface area contributed by atoms with Gasteiger partial charge in [-0.05, 0) is 69.7 Å². The van der Waals surface area contributed by atoms with Crippen molar-refractivity contribution in [2.45, 2.75) is 89.3 Å². The van der Waals surface area contributed by atoms with Gasteiger partial charge in [-0.1, -0.05) is 42.5 Å². The highest BCUT2D eigenvalue weighted by molar-refractivity contribution is 5.87. The Balaban J connectivity index is 1.46. The summed E-state index contributed by atoms with van der Waals surface area (Å²) in [5.41, 5.74) is 1.40. The fraction of sp³-hybridized carbons (Fsp3) is 0.500. The number of nitrogens with one attached hydrogen (secondary N) is 1. The molecule has 9 heteroatoms. The topological polar surface area (TPSA) is 114 Å².